The molecule has 0 bridgehead atoms. The third-order valence-electron chi connectivity index (χ3n) is 3.12. The molecule has 1 atom stereocenters. The Hall–Kier alpha value is -2.34. The summed E-state index contributed by atoms with van der Waals surface area (Å²) in [4.78, 5) is 13.9. The molecule has 0 saturated carbocycles. The number of nitrogens with zero attached hydrogens (tertiary/aromatic N) is 3. The second-order valence-electron chi connectivity index (χ2n) is 4.52. The van der Waals surface area contributed by atoms with Crippen LogP contribution in [0.15, 0.2) is 36.7 Å². The molecule has 0 aliphatic carbocycles. The predicted octanol–water partition coefficient (Wildman–Crippen LogP) is 1.09. The highest BCUT2D eigenvalue weighted by atomic mass is 16.5. The Kier molecular flexibility index (Phi) is 4.05. The molecular weight excluding hydrogens is 256 g/mol. The van der Waals surface area contributed by atoms with Crippen molar-refractivity contribution >= 4 is 11.6 Å². The largest absolute Gasteiger partial charge is 0.497 e. The number of carbonyl (C=O) groups is 1. The molecular formula is C14H18N4O2. The summed E-state index contributed by atoms with van der Waals surface area (Å²) in [6, 6.07) is 6.53. The zero-order valence-corrected chi connectivity index (χ0v) is 11.8. The molecule has 106 valence electrons. The molecule has 6 heteroatoms. The second-order valence-corrected chi connectivity index (χ2v) is 4.52. The van der Waals surface area contributed by atoms with Gasteiger partial charge in [0.15, 0.2) is 0 Å². The number of aromatic nitrogens is 2. The monoisotopic (exact) mass is 274 g/mol. The van der Waals surface area contributed by atoms with Gasteiger partial charge in [-0.1, -0.05) is 6.07 Å². The molecule has 1 heterocycles. The standard InChI is InChI=1S/C14H18N4O2/c1-17-9-10(8-16-17)13(15)14(19)18(2)11-5-4-6-12(7-11)20-3/h4-9,13H,15H2,1-3H3. The van der Waals surface area contributed by atoms with Gasteiger partial charge in [0, 0.05) is 37.6 Å². The summed E-state index contributed by atoms with van der Waals surface area (Å²) < 4.78 is 6.77. The third-order valence-corrected chi connectivity index (χ3v) is 3.12. The highest BCUT2D eigenvalue weighted by Gasteiger charge is 2.22. The number of nitrogens with two attached hydrogens (primary N) is 1. The summed E-state index contributed by atoms with van der Waals surface area (Å²) >= 11 is 0. The van der Waals surface area contributed by atoms with Gasteiger partial charge in [0.05, 0.1) is 13.3 Å². The lowest BCUT2D eigenvalue weighted by Gasteiger charge is -2.21. The summed E-state index contributed by atoms with van der Waals surface area (Å²) in [5.74, 6) is 0.489. The Balaban J connectivity index is 2.19. The number of amides is 1. The number of methoxy groups -OCH3 is 1. The molecule has 0 saturated heterocycles. The van der Waals surface area contributed by atoms with Gasteiger partial charge >= 0.3 is 0 Å². The fraction of sp³-hybridized carbons (Fsp3) is 0.286. The topological polar surface area (TPSA) is 73.4 Å². The van der Waals surface area contributed by atoms with Crippen LogP contribution in [0.2, 0.25) is 0 Å². The molecule has 2 aromatic rings. The number of carbonyl (C=O) groups excluding carboxylic acids is 1. The van der Waals surface area contributed by atoms with E-state index in [2.05, 4.69) is 5.10 Å². The van der Waals surface area contributed by atoms with Crippen molar-refractivity contribution in [3.05, 3.63) is 42.2 Å². The fourth-order valence-electron chi connectivity index (χ4n) is 1.90. The molecule has 0 spiro atoms. The minimum absolute atomic E-state index is 0.203. The Morgan fingerprint density at radius 3 is 2.85 bits per heavy atom. The van der Waals surface area contributed by atoms with Gasteiger partial charge in [0.25, 0.3) is 0 Å². The van der Waals surface area contributed by atoms with E-state index in [0.717, 1.165) is 5.69 Å². The minimum atomic E-state index is -0.736. The van der Waals surface area contributed by atoms with E-state index in [1.54, 1.807) is 44.3 Å². The van der Waals surface area contributed by atoms with E-state index in [9.17, 15) is 4.79 Å². The summed E-state index contributed by atoms with van der Waals surface area (Å²) in [6.45, 7) is 0. The zero-order valence-electron chi connectivity index (χ0n) is 11.8. The van der Waals surface area contributed by atoms with Crippen molar-refractivity contribution in [2.75, 3.05) is 19.1 Å². The van der Waals surface area contributed by atoms with Gasteiger partial charge in [-0.05, 0) is 12.1 Å². The number of ether oxygens (including phenoxy) is 1. The number of hydrogen-bond donors (Lipinski definition) is 1. The average Bonchev–Trinajstić information content (AvgIpc) is 2.91. The van der Waals surface area contributed by atoms with E-state index in [-0.39, 0.29) is 5.91 Å². The molecule has 1 aromatic carbocycles. The number of anilines is 1. The average molecular weight is 274 g/mol. The van der Waals surface area contributed by atoms with Crippen molar-refractivity contribution in [1.82, 2.24) is 9.78 Å². The van der Waals surface area contributed by atoms with Gasteiger partial charge in [-0.3, -0.25) is 9.48 Å². The number of likely N-dealkylation sites (N-methyl/N-ethyl adjacent to an activating group) is 1. The van der Waals surface area contributed by atoms with Gasteiger partial charge in [-0.25, -0.2) is 0 Å². The van der Waals surface area contributed by atoms with Gasteiger partial charge in [-0.15, -0.1) is 0 Å². The molecule has 0 aliphatic rings. The van der Waals surface area contributed by atoms with Gasteiger partial charge in [0.2, 0.25) is 5.91 Å². The molecule has 1 aromatic heterocycles. The maximum absolute atomic E-state index is 12.4. The predicted molar refractivity (Wildman–Crippen MR) is 76.5 cm³/mol. The molecule has 1 unspecified atom stereocenters. The van der Waals surface area contributed by atoms with Crippen molar-refractivity contribution in [3.8, 4) is 5.75 Å². The molecule has 0 radical (unpaired) electrons. The Morgan fingerprint density at radius 1 is 1.50 bits per heavy atom. The molecule has 6 nitrogen and oxygen atoms in total. The first-order valence-electron chi connectivity index (χ1n) is 6.18. The normalized spacial score (nSPS) is 12.0. The Morgan fingerprint density at radius 2 is 2.25 bits per heavy atom. The highest BCUT2D eigenvalue weighted by Crippen LogP contribution is 2.22. The van der Waals surface area contributed by atoms with Crippen LogP contribution in [0.4, 0.5) is 5.69 Å². The highest BCUT2D eigenvalue weighted by molar-refractivity contribution is 5.97. The SMILES string of the molecule is COc1cccc(N(C)C(=O)C(N)c2cnn(C)c2)c1. The van der Waals surface area contributed by atoms with E-state index in [4.69, 9.17) is 10.5 Å². The van der Waals surface area contributed by atoms with Crippen LogP contribution >= 0.6 is 0 Å². The van der Waals surface area contributed by atoms with E-state index < -0.39 is 6.04 Å². The first kappa shape index (κ1) is 14.1. The number of hydrogen-bond acceptors (Lipinski definition) is 4. The maximum Gasteiger partial charge on any atom is 0.248 e. The minimum Gasteiger partial charge on any atom is -0.497 e. The van der Waals surface area contributed by atoms with E-state index >= 15 is 0 Å². The smallest absolute Gasteiger partial charge is 0.248 e. The Labute approximate surface area is 117 Å². The molecule has 2 rings (SSSR count). The van der Waals surface area contributed by atoms with Crippen LogP contribution in [0.5, 0.6) is 5.75 Å². The molecule has 20 heavy (non-hydrogen) atoms. The molecule has 2 N–H and O–H groups in total. The third kappa shape index (κ3) is 2.80. The van der Waals surface area contributed by atoms with Crippen molar-refractivity contribution in [1.29, 1.82) is 0 Å². The van der Waals surface area contributed by atoms with Crippen molar-refractivity contribution in [3.63, 3.8) is 0 Å². The first-order valence-corrected chi connectivity index (χ1v) is 6.18. The number of benzene rings is 1. The van der Waals surface area contributed by atoms with Crippen LogP contribution in [0, 0.1) is 0 Å². The summed E-state index contributed by atoms with van der Waals surface area (Å²) in [5, 5.41) is 4.03. The van der Waals surface area contributed by atoms with E-state index in [1.807, 2.05) is 18.2 Å². The number of aryl methyl sites for hydroxylation is 1. The van der Waals surface area contributed by atoms with Crippen molar-refractivity contribution in [2.45, 2.75) is 6.04 Å². The maximum atomic E-state index is 12.4. The lowest BCUT2D eigenvalue weighted by Crippen LogP contribution is -2.35. The Bertz CT molecular complexity index is 609. The lowest BCUT2D eigenvalue weighted by atomic mass is 10.1. The first-order chi connectivity index (χ1) is 9.52. The van der Waals surface area contributed by atoms with Gasteiger partial charge < -0.3 is 15.4 Å². The van der Waals surface area contributed by atoms with Crippen LogP contribution in [-0.4, -0.2) is 29.8 Å². The van der Waals surface area contributed by atoms with E-state index in [0.29, 0.717) is 11.3 Å². The zero-order chi connectivity index (χ0) is 14.7. The lowest BCUT2D eigenvalue weighted by molar-refractivity contribution is -0.119. The summed E-state index contributed by atoms with van der Waals surface area (Å²) in [6.07, 6.45) is 3.34. The fourth-order valence-corrected chi connectivity index (χ4v) is 1.90. The summed E-state index contributed by atoms with van der Waals surface area (Å²) in [7, 11) is 5.06. The van der Waals surface area contributed by atoms with Crippen LogP contribution in [0.1, 0.15) is 11.6 Å². The van der Waals surface area contributed by atoms with Crippen molar-refractivity contribution < 1.29 is 9.53 Å². The van der Waals surface area contributed by atoms with Gasteiger partial charge in [-0.2, -0.15) is 5.10 Å². The van der Waals surface area contributed by atoms with Crippen LogP contribution in [0.25, 0.3) is 0 Å². The van der Waals surface area contributed by atoms with Gasteiger partial charge in [0.1, 0.15) is 11.8 Å². The van der Waals surface area contributed by atoms with Crippen molar-refractivity contribution in [2.24, 2.45) is 12.8 Å². The van der Waals surface area contributed by atoms with Crippen LogP contribution < -0.4 is 15.4 Å². The molecule has 1 amide bonds. The van der Waals surface area contributed by atoms with Crippen LogP contribution in [-0.2, 0) is 11.8 Å². The summed E-state index contributed by atoms with van der Waals surface area (Å²) in [5.41, 5.74) is 7.40. The van der Waals surface area contributed by atoms with E-state index in [1.165, 1.54) is 4.90 Å². The number of rotatable bonds is 4. The second kappa shape index (κ2) is 5.75. The van der Waals surface area contributed by atoms with Crippen LogP contribution in [0.3, 0.4) is 0 Å². The quantitative estimate of drug-likeness (QED) is 0.905. The molecule has 0 aliphatic heterocycles. The molecule has 0 fully saturated rings.